The summed E-state index contributed by atoms with van der Waals surface area (Å²) in [5.41, 5.74) is 1.49. The van der Waals surface area contributed by atoms with Gasteiger partial charge in [0, 0.05) is 10.1 Å². The second-order valence-electron chi connectivity index (χ2n) is 5.95. The lowest BCUT2D eigenvalue weighted by Gasteiger charge is -2.14. The van der Waals surface area contributed by atoms with Crippen molar-refractivity contribution >= 4 is 33.3 Å². The van der Waals surface area contributed by atoms with Gasteiger partial charge in [-0.1, -0.05) is 36.4 Å². The molecule has 0 radical (unpaired) electrons. The molecule has 0 aliphatic rings. The minimum absolute atomic E-state index is 0.192. The summed E-state index contributed by atoms with van der Waals surface area (Å²) < 4.78 is 19.7. The lowest BCUT2D eigenvalue weighted by atomic mass is 10.1. The number of halogens is 1. The minimum atomic E-state index is -0.620. The summed E-state index contributed by atoms with van der Waals surface area (Å²) in [7, 11) is 0. The number of esters is 1. The van der Waals surface area contributed by atoms with Crippen molar-refractivity contribution in [1.82, 2.24) is 5.32 Å². The average molecular weight is 371 g/mol. The van der Waals surface area contributed by atoms with Gasteiger partial charge in [-0.2, -0.15) is 0 Å². The van der Waals surface area contributed by atoms with Crippen molar-refractivity contribution in [3.63, 3.8) is 0 Å². The molecule has 1 atom stereocenters. The first kappa shape index (κ1) is 18.1. The van der Waals surface area contributed by atoms with Crippen LogP contribution in [0.4, 0.5) is 4.39 Å². The Labute approximate surface area is 154 Å². The second-order valence-corrected chi connectivity index (χ2v) is 7.00. The zero-order valence-corrected chi connectivity index (χ0v) is 15.2. The molecule has 1 heterocycles. The number of nitrogens with one attached hydrogen (secondary N) is 1. The number of hydrogen-bond donors (Lipinski definition) is 1. The Morgan fingerprint density at radius 2 is 1.88 bits per heavy atom. The van der Waals surface area contributed by atoms with Crippen molar-refractivity contribution in [1.29, 1.82) is 0 Å². The van der Waals surface area contributed by atoms with Crippen LogP contribution in [0, 0.1) is 12.7 Å². The molecule has 6 heteroatoms. The molecule has 26 heavy (non-hydrogen) atoms. The molecular formula is C20H18FNO3S. The second kappa shape index (κ2) is 7.66. The van der Waals surface area contributed by atoms with E-state index in [0.717, 1.165) is 16.9 Å². The van der Waals surface area contributed by atoms with Crippen LogP contribution in [0.2, 0.25) is 0 Å². The molecule has 1 N–H and O–H groups in total. The third kappa shape index (κ3) is 3.75. The standard InChI is InChI=1S/C20H18FNO3S/c1-12-18-15(21)9-6-10-16(18)26-19(12)20(24)25-11-17(23)22-13(2)14-7-4-3-5-8-14/h3-10,13H,11H2,1-2H3,(H,22,23)/t13-/m1/s1. The highest BCUT2D eigenvalue weighted by Crippen LogP contribution is 2.32. The van der Waals surface area contributed by atoms with Gasteiger partial charge in [-0.05, 0) is 37.1 Å². The van der Waals surface area contributed by atoms with Gasteiger partial charge in [-0.15, -0.1) is 11.3 Å². The van der Waals surface area contributed by atoms with E-state index in [-0.39, 0.29) is 24.4 Å². The monoisotopic (exact) mass is 371 g/mol. The van der Waals surface area contributed by atoms with Gasteiger partial charge in [-0.3, -0.25) is 4.79 Å². The number of amides is 1. The van der Waals surface area contributed by atoms with E-state index < -0.39 is 5.97 Å². The van der Waals surface area contributed by atoms with E-state index in [1.54, 1.807) is 19.1 Å². The lowest BCUT2D eigenvalue weighted by Crippen LogP contribution is -2.31. The molecule has 3 rings (SSSR count). The highest BCUT2D eigenvalue weighted by atomic mass is 32.1. The van der Waals surface area contributed by atoms with Crippen molar-refractivity contribution in [2.24, 2.45) is 0 Å². The normalized spacial score (nSPS) is 12.0. The fraction of sp³-hybridized carbons (Fsp3) is 0.200. The molecule has 0 fully saturated rings. The topological polar surface area (TPSA) is 55.4 Å². The van der Waals surface area contributed by atoms with Crippen molar-refractivity contribution < 1.29 is 18.7 Å². The van der Waals surface area contributed by atoms with Gasteiger partial charge in [0.1, 0.15) is 10.7 Å². The maximum absolute atomic E-state index is 13.9. The third-order valence-electron chi connectivity index (χ3n) is 4.10. The number of hydrogen-bond acceptors (Lipinski definition) is 4. The summed E-state index contributed by atoms with van der Waals surface area (Å²) >= 11 is 1.16. The highest BCUT2D eigenvalue weighted by Gasteiger charge is 2.20. The molecule has 0 unspecified atom stereocenters. The molecule has 0 spiro atoms. The highest BCUT2D eigenvalue weighted by molar-refractivity contribution is 7.21. The molecule has 134 valence electrons. The predicted molar refractivity (Wildman–Crippen MR) is 99.8 cm³/mol. The summed E-state index contributed by atoms with van der Waals surface area (Å²) in [5.74, 6) is -1.38. The number of benzene rings is 2. The third-order valence-corrected chi connectivity index (χ3v) is 5.34. The first-order chi connectivity index (χ1) is 12.5. The minimum Gasteiger partial charge on any atom is -0.451 e. The largest absolute Gasteiger partial charge is 0.451 e. The van der Waals surface area contributed by atoms with Crippen LogP contribution in [0.25, 0.3) is 10.1 Å². The van der Waals surface area contributed by atoms with E-state index >= 15 is 0 Å². The number of rotatable bonds is 5. The van der Waals surface area contributed by atoms with Gasteiger partial charge in [0.15, 0.2) is 6.61 Å². The van der Waals surface area contributed by atoms with Crippen molar-refractivity contribution in [3.8, 4) is 0 Å². The van der Waals surface area contributed by atoms with Crippen molar-refractivity contribution in [3.05, 3.63) is 70.4 Å². The van der Waals surface area contributed by atoms with Crippen molar-refractivity contribution in [2.45, 2.75) is 19.9 Å². The van der Waals surface area contributed by atoms with Gasteiger partial charge in [0.25, 0.3) is 5.91 Å². The number of carbonyl (C=O) groups is 2. The summed E-state index contributed by atoms with van der Waals surface area (Å²) in [6.45, 7) is 3.15. The van der Waals surface area contributed by atoms with Crippen LogP contribution >= 0.6 is 11.3 Å². The molecule has 2 aromatic carbocycles. The molecule has 0 aliphatic carbocycles. The maximum atomic E-state index is 13.9. The van der Waals surface area contributed by atoms with E-state index in [4.69, 9.17) is 4.74 Å². The lowest BCUT2D eigenvalue weighted by molar-refractivity contribution is -0.124. The summed E-state index contributed by atoms with van der Waals surface area (Å²) in [4.78, 5) is 24.6. The molecule has 4 nitrogen and oxygen atoms in total. The maximum Gasteiger partial charge on any atom is 0.349 e. The van der Waals surface area contributed by atoms with Gasteiger partial charge in [0.2, 0.25) is 0 Å². The van der Waals surface area contributed by atoms with Crippen molar-refractivity contribution in [2.75, 3.05) is 6.61 Å². The molecule has 0 saturated heterocycles. The SMILES string of the molecule is Cc1c(C(=O)OCC(=O)N[C@H](C)c2ccccc2)sc2cccc(F)c12. The summed E-state index contributed by atoms with van der Waals surface area (Å²) in [5, 5.41) is 3.20. The molecule has 1 aromatic heterocycles. The Hall–Kier alpha value is -2.73. The van der Waals surface area contributed by atoms with Crippen LogP contribution in [0.5, 0.6) is 0 Å². The Kier molecular flexibility index (Phi) is 5.32. The van der Waals surface area contributed by atoms with E-state index in [1.807, 2.05) is 37.3 Å². The van der Waals surface area contributed by atoms with Gasteiger partial charge in [-0.25, -0.2) is 9.18 Å². The average Bonchev–Trinajstić information content (AvgIpc) is 2.98. The quantitative estimate of drug-likeness (QED) is 0.677. The molecule has 0 aliphatic heterocycles. The Bertz CT molecular complexity index is 952. The summed E-state index contributed by atoms with van der Waals surface area (Å²) in [6.07, 6.45) is 0. The summed E-state index contributed by atoms with van der Waals surface area (Å²) in [6, 6.07) is 14.0. The first-order valence-corrected chi connectivity index (χ1v) is 8.98. The zero-order valence-electron chi connectivity index (χ0n) is 14.4. The van der Waals surface area contributed by atoms with Crippen LogP contribution in [0.3, 0.4) is 0 Å². The van der Waals surface area contributed by atoms with Crippen LogP contribution in [0.1, 0.15) is 33.8 Å². The fourth-order valence-electron chi connectivity index (χ4n) is 2.75. The van der Waals surface area contributed by atoms with E-state index in [9.17, 15) is 14.0 Å². The molecular weight excluding hydrogens is 353 g/mol. The molecule has 1 amide bonds. The Balaban J connectivity index is 1.63. The molecule has 3 aromatic rings. The molecule has 0 saturated carbocycles. The van der Waals surface area contributed by atoms with E-state index in [1.165, 1.54) is 6.07 Å². The van der Waals surface area contributed by atoms with Crippen LogP contribution in [0.15, 0.2) is 48.5 Å². The van der Waals surface area contributed by atoms with Crippen LogP contribution in [-0.4, -0.2) is 18.5 Å². The number of carbonyl (C=O) groups excluding carboxylic acids is 2. The van der Waals surface area contributed by atoms with Gasteiger partial charge < -0.3 is 10.1 Å². The number of aryl methyl sites for hydroxylation is 1. The fourth-order valence-corrected chi connectivity index (χ4v) is 3.87. The van der Waals surface area contributed by atoms with Crippen LogP contribution in [-0.2, 0) is 9.53 Å². The Morgan fingerprint density at radius 1 is 1.15 bits per heavy atom. The first-order valence-electron chi connectivity index (χ1n) is 8.16. The van der Waals surface area contributed by atoms with Gasteiger partial charge >= 0.3 is 5.97 Å². The predicted octanol–water partition coefficient (Wildman–Crippen LogP) is 4.38. The molecule has 0 bridgehead atoms. The van der Waals surface area contributed by atoms with Gasteiger partial charge in [0.05, 0.1) is 6.04 Å². The Morgan fingerprint density at radius 3 is 2.58 bits per heavy atom. The smallest absolute Gasteiger partial charge is 0.349 e. The number of ether oxygens (including phenoxy) is 1. The zero-order chi connectivity index (χ0) is 18.7. The van der Waals surface area contributed by atoms with E-state index in [0.29, 0.717) is 20.5 Å². The number of thiophene rings is 1. The number of fused-ring (bicyclic) bond motifs is 1. The van der Waals surface area contributed by atoms with Crippen LogP contribution < -0.4 is 5.32 Å². The van der Waals surface area contributed by atoms with E-state index in [2.05, 4.69) is 5.32 Å².